The van der Waals surface area contributed by atoms with Crippen LogP contribution in [0.1, 0.15) is 23.2 Å². The monoisotopic (exact) mass is 384 g/mol. The van der Waals surface area contributed by atoms with Gasteiger partial charge >= 0.3 is 0 Å². The van der Waals surface area contributed by atoms with E-state index >= 15 is 0 Å². The van der Waals surface area contributed by atoms with Crippen molar-refractivity contribution in [2.75, 3.05) is 25.6 Å². The van der Waals surface area contributed by atoms with Gasteiger partial charge in [0.1, 0.15) is 24.2 Å². The van der Waals surface area contributed by atoms with E-state index in [9.17, 15) is 14.7 Å². The molecule has 1 aliphatic rings. The fourth-order valence-electron chi connectivity index (χ4n) is 2.56. The highest BCUT2D eigenvalue weighted by atomic mass is 16.5. The number of hydrogen-bond acceptors (Lipinski definition) is 5. The van der Waals surface area contributed by atoms with Gasteiger partial charge in [-0.1, -0.05) is 6.07 Å². The summed E-state index contributed by atoms with van der Waals surface area (Å²) in [4.78, 5) is 24.1. The van der Waals surface area contributed by atoms with Gasteiger partial charge < -0.3 is 25.2 Å². The largest absolute Gasteiger partial charge is 0.497 e. The molecule has 1 saturated carbocycles. The second-order valence-corrected chi connectivity index (χ2v) is 6.69. The molecular formula is C21H24N2O5. The predicted octanol–water partition coefficient (Wildman–Crippen LogP) is 2.21. The summed E-state index contributed by atoms with van der Waals surface area (Å²) < 4.78 is 10.6. The Morgan fingerprint density at radius 3 is 2.54 bits per heavy atom. The van der Waals surface area contributed by atoms with E-state index < -0.39 is 6.10 Å². The van der Waals surface area contributed by atoms with Crippen LogP contribution in [0.2, 0.25) is 0 Å². The summed E-state index contributed by atoms with van der Waals surface area (Å²) in [6, 6.07) is 13.7. The van der Waals surface area contributed by atoms with E-state index in [1.54, 1.807) is 55.6 Å². The number of anilines is 1. The van der Waals surface area contributed by atoms with Crippen molar-refractivity contribution >= 4 is 17.5 Å². The number of aliphatic hydroxyl groups is 1. The standard InChI is InChI=1S/C21H24N2O5/c1-27-18-7-9-19(10-8-18)28-13-17(24)12-22-20(25)15-3-2-4-16(11-15)23-21(26)14-5-6-14/h2-4,7-11,14,17,24H,5-6,12-13H2,1H3,(H,22,25)(H,23,26). The van der Waals surface area contributed by atoms with Gasteiger partial charge in [0.05, 0.1) is 7.11 Å². The van der Waals surface area contributed by atoms with Crippen molar-refractivity contribution in [3.05, 3.63) is 54.1 Å². The van der Waals surface area contributed by atoms with Gasteiger partial charge in [-0.05, 0) is 55.3 Å². The molecule has 28 heavy (non-hydrogen) atoms. The van der Waals surface area contributed by atoms with Gasteiger partial charge in [-0.15, -0.1) is 0 Å². The van der Waals surface area contributed by atoms with Crippen molar-refractivity contribution in [2.45, 2.75) is 18.9 Å². The topological polar surface area (TPSA) is 96.9 Å². The fourth-order valence-corrected chi connectivity index (χ4v) is 2.56. The van der Waals surface area contributed by atoms with E-state index in [2.05, 4.69) is 10.6 Å². The molecule has 1 atom stereocenters. The number of carbonyl (C=O) groups excluding carboxylic acids is 2. The van der Waals surface area contributed by atoms with Crippen LogP contribution in [0.15, 0.2) is 48.5 Å². The van der Waals surface area contributed by atoms with Crippen LogP contribution in [0.3, 0.4) is 0 Å². The Labute approximate surface area is 163 Å². The lowest BCUT2D eigenvalue weighted by molar-refractivity contribution is -0.117. The SMILES string of the molecule is COc1ccc(OCC(O)CNC(=O)c2cccc(NC(=O)C3CC3)c2)cc1. The lowest BCUT2D eigenvalue weighted by Gasteiger charge is -2.14. The number of benzene rings is 2. The Bertz CT molecular complexity index is 818. The van der Waals surface area contributed by atoms with Crippen molar-refractivity contribution in [3.8, 4) is 11.5 Å². The number of carbonyl (C=O) groups is 2. The molecular weight excluding hydrogens is 360 g/mol. The molecule has 0 heterocycles. The Balaban J connectivity index is 1.44. The highest BCUT2D eigenvalue weighted by Crippen LogP contribution is 2.30. The number of aliphatic hydroxyl groups excluding tert-OH is 1. The van der Waals surface area contributed by atoms with Crippen molar-refractivity contribution in [3.63, 3.8) is 0 Å². The van der Waals surface area contributed by atoms with Crippen LogP contribution in [-0.2, 0) is 4.79 Å². The first kappa shape index (κ1) is 19.7. The third kappa shape index (κ3) is 5.72. The quantitative estimate of drug-likeness (QED) is 0.616. The molecule has 0 aromatic heterocycles. The summed E-state index contributed by atoms with van der Waals surface area (Å²) in [7, 11) is 1.58. The van der Waals surface area contributed by atoms with Crippen molar-refractivity contribution in [2.24, 2.45) is 5.92 Å². The first-order valence-electron chi connectivity index (χ1n) is 9.19. The zero-order chi connectivity index (χ0) is 19.9. The van der Waals surface area contributed by atoms with E-state index in [1.807, 2.05) is 0 Å². The van der Waals surface area contributed by atoms with Crippen LogP contribution in [0.4, 0.5) is 5.69 Å². The number of amides is 2. The molecule has 0 bridgehead atoms. The highest BCUT2D eigenvalue weighted by Gasteiger charge is 2.29. The molecule has 2 amide bonds. The second-order valence-electron chi connectivity index (χ2n) is 6.69. The Kier molecular flexibility index (Phi) is 6.49. The third-order valence-corrected chi connectivity index (χ3v) is 4.34. The van der Waals surface area contributed by atoms with E-state index in [0.717, 1.165) is 18.6 Å². The van der Waals surface area contributed by atoms with Gasteiger partial charge in [0, 0.05) is 23.7 Å². The van der Waals surface area contributed by atoms with Gasteiger partial charge in [0.25, 0.3) is 5.91 Å². The zero-order valence-corrected chi connectivity index (χ0v) is 15.7. The summed E-state index contributed by atoms with van der Waals surface area (Å²) in [5.41, 5.74) is 1.00. The number of nitrogens with one attached hydrogen (secondary N) is 2. The minimum Gasteiger partial charge on any atom is -0.497 e. The summed E-state index contributed by atoms with van der Waals surface area (Å²) in [5, 5.41) is 15.5. The average Bonchev–Trinajstić information content (AvgIpc) is 3.56. The van der Waals surface area contributed by atoms with Crippen molar-refractivity contribution in [1.29, 1.82) is 0 Å². The number of ether oxygens (including phenoxy) is 2. The van der Waals surface area contributed by atoms with Crippen molar-refractivity contribution < 1.29 is 24.2 Å². The summed E-state index contributed by atoms with van der Waals surface area (Å²) in [5.74, 6) is 1.08. The van der Waals surface area contributed by atoms with Crippen LogP contribution < -0.4 is 20.1 Å². The first-order valence-corrected chi connectivity index (χ1v) is 9.19. The van der Waals surface area contributed by atoms with Gasteiger partial charge in [0.2, 0.25) is 5.91 Å². The van der Waals surface area contributed by atoms with Crippen molar-refractivity contribution in [1.82, 2.24) is 5.32 Å². The van der Waals surface area contributed by atoms with Crippen LogP contribution in [0.25, 0.3) is 0 Å². The Morgan fingerprint density at radius 2 is 1.86 bits per heavy atom. The second kappa shape index (κ2) is 9.23. The Morgan fingerprint density at radius 1 is 1.14 bits per heavy atom. The summed E-state index contributed by atoms with van der Waals surface area (Å²) in [6.45, 7) is 0.0950. The number of methoxy groups -OCH3 is 1. The molecule has 0 saturated heterocycles. The molecule has 3 N–H and O–H groups in total. The molecule has 2 aromatic rings. The van der Waals surface area contributed by atoms with Gasteiger partial charge in [-0.2, -0.15) is 0 Å². The summed E-state index contributed by atoms with van der Waals surface area (Å²) >= 11 is 0. The van der Waals surface area contributed by atoms with Crippen LogP contribution >= 0.6 is 0 Å². The van der Waals surface area contributed by atoms with Gasteiger partial charge in [0.15, 0.2) is 0 Å². The molecule has 7 nitrogen and oxygen atoms in total. The number of rotatable bonds is 9. The maximum absolute atomic E-state index is 12.3. The van der Waals surface area contributed by atoms with E-state index in [0.29, 0.717) is 17.0 Å². The minimum absolute atomic E-state index is 0.0105. The smallest absolute Gasteiger partial charge is 0.251 e. The lowest BCUT2D eigenvalue weighted by atomic mass is 10.2. The van der Waals surface area contributed by atoms with Gasteiger partial charge in [-0.25, -0.2) is 0 Å². The van der Waals surface area contributed by atoms with Crippen LogP contribution in [0.5, 0.6) is 11.5 Å². The predicted molar refractivity (Wildman–Crippen MR) is 105 cm³/mol. The molecule has 1 aliphatic carbocycles. The average molecular weight is 384 g/mol. The molecule has 3 rings (SSSR count). The fraction of sp³-hybridized carbons (Fsp3) is 0.333. The third-order valence-electron chi connectivity index (χ3n) is 4.34. The molecule has 148 valence electrons. The normalized spacial score (nSPS) is 14.1. The molecule has 0 spiro atoms. The Hall–Kier alpha value is -3.06. The van der Waals surface area contributed by atoms with E-state index in [1.165, 1.54) is 0 Å². The maximum atomic E-state index is 12.3. The maximum Gasteiger partial charge on any atom is 0.251 e. The van der Waals surface area contributed by atoms with E-state index in [4.69, 9.17) is 9.47 Å². The molecule has 7 heteroatoms. The molecule has 0 aliphatic heterocycles. The summed E-state index contributed by atoms with van der Waals surface area (Å²) in [6.07, 6.45) is 0.981. The van der Waals surface area contributed by atoms with Gasteiger partial charge in [-0.3, -0.25) is 9.59 Å². The zero-order valence-electron chi connectivity index (χ0n) is 15.7. The highest BCUT2D eigenvalue weighted by molar-refractivity contribution is 5.98. The first-order chi connectivity index (χ1) is 13.5. The van der Waals surface area contributed by atoms with Crippen LogP contribution in [0, 0.1) is 5.92 Å². The lowest BCUT2D eigenvalue weighted by Crippen LogP contribution is -2.35. The minimum atomic E-state index is -0.858. The molecule has 2 aromatic carbocycles. The van der Waals surface area contributed by atoms with E-state index in [-0.39, 0.29) is 30.9 Å². The molecule has 1 unspecified atom stereocenters. The molecule has 0 radical (unpaired) electrons. The molecule has 1 fully saturated rings. The van der Waals surface area contributed by atoms with Crippen LogP contribution in [-0.4, -0.2) is 43.3 Å². The number of hydrogen-bond donors (Lipinski definition) is 3.